The van der Waals surface area contributed by atoms with Crippen molar-refractivity contribution >= 4 is 45.1 Å². The Labute approximate surface area is 135 Å². The number of Topliss-reactive ketones (excluding diaryl/α,β-unsaturated/α-hetero) is 1. The molecule has 106 valence electrons. The van der Waals surface area contributed by atoms with Crippen molar-refractivity contribution in [3.63, 3.8) is 0 Å². The summed E-state index contributed by atoms with van der Waals surface area (Å²) in [6.07, 6.45) is 0.319. The lowest BCUT2D eigenvalue weighted by Gasteiger charge is -2.03. The molecule has 2 rings (SSSR count). The summed E-state index contributed by atoms with van der Waals surface area (Å²) in [5, 5.41) is 4.80. The Morgan fingerprint density at radius 3 is 2.60 bits per heavy atom. The van der Waals surface area contributed by atoms with E-state index in [0.717, 1.165) is 20.8 Å². The Balaban J connectivity index is 1.94. The maximum Gasteiger partial charge on any atom is 0.149 e. The van der Waals surface area contributed by atoms with Gasteiger partial charge < -0.3 is 0 Å². The van der Waals surface area contributed by atoms with Crippen LogP contribution in [0.15, 0.2) is 33.6 Å². The van der Waals surface area contributed by atoms with Crippen molar-refractivity contribution in [3.05, 3.63) is 45.1 Å². The number of halogens is 2. The number of hydrogen-bond acceptors (Lipinski definition) is 3. The van der Waals surface area contributed by atoms with Crippen LogP contribution in [0, 0.1) is 6.92 Å². The number of nitrogens with zero attached hydrogens (tertiary/aromatic N) is 2. The number of thioether (sulfide) groups is 1. The van der Waals surface area contributed by atoms with Crippen molar-refractivity contribution < 1.29 is 4.79 Å². The van der Waals surface area contributed by atoms with Gasteiger partial charge in [-0.25, -0.2) is 0 Å². The topological polar surface area (TPSA) is 34.9 Å². The second-order valence-corrected chi connectivity index (χ2v) is 6.77. The molecule has 6 heteroatoms. The molecule has 0 bridgehead atoms. The number of carbonyl (C=O) groups excluding carboxylic acids is 1. The third kappa shape index (κ3) is 3.87. The van der Waals surface area contributed by atoms with Crippen molar-refractivity contribution in [1.82, 2.24) is 9.78 Å². The van der Waals surface area contributed by atoms with Crippen LogP contribution in [0.2, 0.25) is 5.02 Å². The first-order valence-corrected chi connectivity index (χ1v) is 8.21. The van der Waals surface area contributed by atoms with Crippen LogP contribution in [0.5, 0.6) is 0 Å². The fraction of sp³-hybridized carbons (Fsp3) is 0.286. The highest BCUT2D eigenvalue weighted by Gasteiger charge is 2.14. The van der Waals surface area contributed by atoms with Crippen molar-refractivity contribution in [2.75, 3.05) is 5.75 Å². The number of ketones is 1. The number of rotatable bonds is 5. The monoisotopic (exact) mass is 372 g/mol. The van der Waals surface area contributed by atoms with Crippen LogP contribution >= 0.6 is 39.3 Å². The molecular weight excluding hydrogens is 360 g/mol. The number of benzene rings is 1. The fourth-order valence-electron chi connectivity index (χ4n) is 1.80. The highest BCUT2D eigenvalue weighted by atomic mass is 79.9. The molecule has 20 heavy (non-hydrogen) atoms. The molecule has 0 radical (unpaired) electrons. The lowest BCUT2D eigenvalue weighted by molar-refractivity contribution is -0.116. The lowest BCUT2D eigenvalue weighted by Crippen LogP contribution is -2.10. The van der Waals surface area contributed by atoms with Gasteiger partial charge in [0.25, 0.3) is 0 Å². The molecule has 0 fully saturated rings. The minimum absolute atomic E-state index is 0.141. The minimum atomic E-state index is 0.141. The molecule has 0 aliphatic heterocycles. The molecule has 3 nitrogen and oxygen atoms in total. The summed E-state index contributed by atoms with van der Waals surface area (Å²) in [7, 11) is 1.81. The van der Waals surface area contributed by atoms with E-state index in [-0.39, 0.29) is 5.78 Å². The number of aromatic nitrogens is 2. The summed E-state index contributed by atoms with van der Waals surface area (Å²) in [6, 6.07) is 7.91. The van der Waals surface area contributed by atoms with Crippen molar-refractivity contribution in [2.45, 2.75) is 18.2 Å². The summed E-state index contributed by atoms with van der Waals surface area (Å²) < 4.78 is 2.71. The number of carbonyl (C=O) groups is 1. The zero-order chi connectivity index (χ0) is 14.7. The average molecular weight is 374 g/mol. The molecule has 0 atom stereocenters. The second-order valence-electron chi connectivity index (χ2n) is 4.43. The van der Waals surface area contributed by atoms with Crippen LogP contribution < -0.4 is 0 Å². The quantitative estimate of drug-likeness (QED) is 0.742. The van der Waals surface area contributed by atoms with Crippen molar-refractivity contribution in [3.8, 4) is 0 Å². The number of hydrogen-bond donors (Lipinski definition) is 0. The van der Waals surface area contributed by atoms with Gasteiger partial charge in [0.1, 0.15) is 5.78 Å². The summed E-state index contributed by atoms with van der Waals surface area (Å²) in [4.78, 5) is 13.1. The van der Waals surface area contributed by atoms with Gasteiger partial charge in [0.2, 0.25) is 0 Å². The largest absolute Gasteiger partial charge is 0.298 e. The van der Waals surface area contributed by atoms with E-state index in [4.69, 9.17) is 11.6 Å². The van der Waals surface area contributed by atoms with Gasteiger partial charge in [0.05, 0.1) is 28.6 Å². The average Bonchev–Trinajstić information content (AvgIpc) is 2.65. The molecule has 0 aliphatic carbocycles. The first-order valence-electron chi connectivity index (χ1n) is 6.05. The summed E-state index contributed by atoms with van der Waals surface area (Å²) >= 11 is 11.1. The van der Waals surface area contributed by atoms with Gasteiger partial charge in [-0.15, -0.1) is 11.8 Å². The Hall–Kier alpha value is -0.780. The first kappa shape index (κ1) is 15.6. The normalized spacial score (nSPS) is 10.8. The first-order chi connectivity index (χ1) is 9.47. The van der Waals surface area contributed by atoms with E-state index in [0.29, 0.717) is 17.2 Å². The summed E-state index contributed by atoms with van der Waals surface area (Å²) in [6.45, 7) is 1.84. The van der Waals surface area contributed by atoms with Crippen LogP contribution in [0.3, 0.4) is 0 Å². The fourth-order valence-corrected chi connectivity index (χ4v) is 3.05. The second kappa shape index (κ2) is 6.78. The number of aryl methyl sites for hydroxylation is 2. The van der Waals surface area contributed by atoms with E-state index in [1.807, 2.05) is 38.2 Å². The molecule has 2 aromatic rings. The van der Waals surface area contributed by atoms with E-state index in [9.17, 15) is 4.79 Å². The predicted octanol–water partition coefficient (Wildman–Crippen LogP) is 4.05. The third-order valence-electron chi connectivity index (χ3n) is 2.84. The highest BCUT2D eigenvalue weighted by molar-refractivity contribution is 9.10. The predicted molar refractivity (Wildman–Crippen MR) is 86.5 cm³/mol. The van der Waals surface area contributed by atoms with E-state index in [1.165, 1.54) is 11.8 Å². The molecule has 0 spiro atoms. The molecule has 1 aromatic heterocycles. The molecule has 0 saturated heterocycles. The van der Waals surface area contributed by atoms with Crippen LogP contribution in [0.25, 0.3) is 0 Å². The Bertz CT molecular complexity index is 625. The van der Waals surface area contributed by atoms with Crippen LogP contribution in [0.4, 0.5) is 0 Å². The van der Waals surface area contributed by atoms with Gasteiger partial charge in [-0.2, -0.15) is 5.10 Å². The van der Waals surface area contributed by atoms with Gasteiger partial charge in [0, 0.05) is 16.4 Å². The van der Waals surface area contributed by atoms with E-state index < -0.39 is 0 Å². The molecule has 0 aliphatic rings. The lowest BCUT2D eigenvalue weighted by atomic mass is 10.2. The van der Waals surface area contributed by atoms with E-state index >= 15 is 0 Å². The molecule has 0 unspecified atom stereocenters. The summed E-state index contributed by atoms with van der Waals surface area (Å²) in [5.74, 6) is 0.574. The smallest absolute Gasteiger partial charge is 0.149 e. The molecule has 0 amide bonds. The van der Waals surface area contributed by atoms with Gasteiger partial charge >= 0.3 is 0 Å². The van der Waals surface area contributed by atoms with Gasteiger partial charge in [-0.1, -0.05) is 27.5 Å². The Morgan fingerprint density at radius 2 is 2.05 bits per heavy atom. The van der Waals surface area contributed by atoms with Gasteiger partial charge in [-0.05, 0) is 31.2 Å². The SMILES string of the molecule is Cc1nn(C)c(CC(=O)CSc2ccc(Br)cc2)c1Cl. The Kier molecular flexibility index (Phi) is 5.29. The van der Waals surface area contributed by atoms with Crippen LogP contribution in [-0.4, -0.2) is 21.3 Å². The molecule has 0 saturated carbocycles. The zero-order valence-corrected chi connectivity index (χ0v) is 14.3. The van der Waals surface area contributed by atoms with Crippen molar-refractivity contribution in [1.29, 1.82) is 0 Å². The summed E-state index contributed by atoms with van der Waals surface area (Å²) in [5.41, 5.74) is 1.54. The highest BCUT2D eigenvalue weighted by Crippen LogP contribution is 2.23. The Morgan fingerprint density at radius 1 is 1.40 bits per heavy atom. The maximum atomic E-state index is 12.0. The van der Waals surface area contributed by atoms with Gasteiger partial charge in [0.15, 0.2) is 0 Å². The van der Waals surface area contributed by atoms with Crippen LogP contribution in [-0.2, 0) is 18.3 Å². The molecule has 1 aromatic carbocycles. The maximum absolute atomic E-state index is 12.0. The van der Waals surface area contributed by atoms with E-state index in [1.54, 1.807) is 4.68 Å². The van der Waals surface area contributed by atoms with Crippen LogP contribution in [0.1, 0.15) is 11.4 Å². The molecule has 1 heterocycles. The molecule has 0 N–H and O–H groups in total. The van der Waals surface area contributed by atoms with Gasteiger partial charge in [-0.3, -0.25) is 9.48 Å². The zero-order valence-electron chi connectivity index (χ0n) is 11.2. The minimum Gasteiger partial charge on any atom is -0.298 e. The van der Waals surface area contributed by atoms with Crippen molar-refractivity contribution in [2.24, 2.45) is 7.05 Å². The molecular formula is C14H14BrClN2OS. The van der Waals surface area contributed by atoms with E-state index in [2.05, 4.69) is 21.0 Å². The standard InChI is InChI=1S/C14H14BrClN2OS/c1-9-14(16)13(18(2)17-9)7-11(19)8-20-12-5-3-10(15)4-6-12/h3-6H,7-8H2,1-2H3. The third-order valence-corrected chi connectivity index (χ3v) is 4.93.